The number of halogens is 2. The Morgan fingerprint density at radius 3 is 2.69 bits per heavy atom. The van der Waals surface area contributed by atoms with Crippen molar-refractivity contribution < 1.29 is 13.6 Å². The maximum Gasteiger partial charge on any atom is 0.129 e. The van der Waals surface area contributed by atoms with E-state index in [2.05, 4.69) is 0 Å². The van der Waals surface area contributed by atoms with Gasteiger partial charge in [0.1, 0.15) is 17.9 Å². The van der Waals surface area contributed by atoms with Crippen LogP contribution < -0.4 is 0 Å². The normalized spacial score (nSPS) is 10.0. The minimum Gasteiger partial charge on any atom is -0.303 e. The standard InChI is InChI=1S/C10H10F2O/c11-9-5-4-8(10(12)7-9)3-1-2-6-13/h4-7H,1-3H2. The van der Waals surface area contributed by atoms with Crippen molar-refractivity contribution in [3.8, 4) is 0 Å². The van der Waals surface area contributed by atoms with Crippen LogP contribution in [0.25, 0.3) is 0 Å². The summed E-state index contributed by atoms with van der Waals surface area (Å²) in [4.78, 5) is 9.98. The molecule has 1 rings (SSSR count). The van der Waals surface area contributed by atoms with Gasteiger partial charge in [-0.1, -0.05) is 6.07 Å². The van der Waals surface area contributed by atoms with Crippen molar-refractivity contribution in [3.63, 3.8) is 0 Å². The van der Waals surface area contributed by atoms with Crippen LogP contribution in [0.2, 0.25) is 0 Å². The van der Waals surface area contributed by atoms with Gasteiger partial charge in [0.15, 0.2) is 0 Å². The predicted octanol–water partition coefficient (Wildman–Crippen LogP) is 2.49. The summed E-state index contributed by atoms with van der Waals surface area (Å²) in [6.07, 6.45) is 2.29. The van der Waals surface area contributed by atoms with E-state index in [1.165, 1.54) is 12.1 Å². The molecule has 0 aliphatic carbocycles. The van der Waals surface area contributed by atoms with Crippen molar-refractivity contribution in [3.05, 3.63) is 35.4 Å². The summed E-state index contributed by atoms with van der Waals surface area (Å²) in [5.74, 6) is -1.11. The van der Waals surface area contributed by atoms with Crippen molar-refractivity contribution in [2.24, 2.45) is 0 Å². The van der Waals surface area contributed by atoms with Gasteiger partial charge >= 0.3 is 0 Å². The zero-order valence-electron chi connectivity index (χ0n) is 7.09. The molecule has 0 spiro atoms. The molecule has 70 valence electrons. The summed E-state index contributed by atoms with van der Waals surface area (Å²) in [7, 11) is 0. The molecule has 0 amide bonds. The van der Waals surface area contributed by atoms with Crippen molar-refractivity contribution in [2.75, 3.05) is 0 Å². The van der Waals surface area contributed by atoms with Crippen molar-refractivity contribution in [2.45, 2.75) is 19.3 Å². The highest BCUT2D eigenvalue weighted by molar-refractivity contribution is 5.49. The first kappa shape index (κ1) is 9.84. The number of hydrogen-bond acceptors (Lipinski definition) is 1. The van der Waals surface area contributed by atoms with Gasteiger partial charge in [-0.05, 0) is 24.5 Å². The molecular formula is C10H10F2O. The van der Waals surface area contributed by atoms with E-state index in [0.29, 0.717) is 24.8 Å². The fourth-order valence-corrected chi connectivity index (χ4v) is 1.10. The fraction of sp³-hybridized carbons (Fsp3) is 0.300. The molecule has 0 N–H and O–H groups in total. The molecule has 1 aromatic rings. The summed E-state index contributed by atoms with van der Waals surface area (Å²) in [5, 5.41) is 0. The number of rotatable bonds is 4. The molecule has 13 heavy (non-hydrogen) atoms. The monoisotopic (exact) mass is 184 g/mol. The second-order valence-corrected chi connectivity index (χ2v) is 2.79. The highest BCUT2D eigenvalue weighted by Gasteiger charge is 2.02. The Labute approximate surface area is 75.4 Å². The van der Waals surface area contributed by atoms with Crippen LogP contribution in [0.15, 0.2) is 18.2 Å². The van der Waals surface area contributed by atoms with Gasteiger partial charge in [-0.2, -0.15) is 0 Å². The maximum absolute atomic E-state index is 12.9. The van der Waals surface area contributed by atoms with E-state index in [4.69, 9.17) is 0 Å². The van der Waals surface area contributed by atoms with Gasteiger partial charge in [-0.3, -0.25) is 0 Å². The van der Waals surface area contributed by atoms with E-state index in [9.17, 15) is 13.6 Å². The van der Waals surface area contributed by atoms with Crippen molar-refractivity contribution in [1.82, 2.24) is 0 Å². The maximum atomic E-state index is 12.9. The molecule has 0 aliphatic heterocycles. The first-order valence-corrected chi connectivity index (χ1v) is 4.11. The average molecular weight is 184 g/mol. The highest BCUT2D eigenvalue weighted by Crippen LogP contribution is 2.11. The van der Waals surface area contributed by atoms with Crippen molar-refractivity contribution >= 4 is 6.29 Å². The molecule has 0 aliphatic rings. The molecule has 0 radical (unpaired) electrons. The second kappa shape index (κ2) is 4.70. The molecule has 0 atom stereocenters. The molecule has 0 fully saturated rings. The Hall–Kier alpha value is -1.25. The Bertz CT molecular complexity index is 297. The lowest BCUT2D eigenvalue weighted by Gasteiger charge is -2.00. The number of carbonyl (C=O) groups is 1. The van der Waals surface area contributed by atoms with Crippen LogP contribution >= 0.6 is 0 Å². The zero-order valence-corrected chi connectivity index (χ0v) is 7.09. The lowest BCUT2D eigenvalue weighted by molar-refractivity contribution is -0.107. The van der Waals surface area contributed by atoms with Crippen LogP contribution in [0.1, 0.15) is 18.4 Å². The molecular weight excluding hydrogens is 174 g/mol. The van der Waals surface area contributed by atoms with Gasteiger partial charge in [0.25, 0.3) is 0 Å². The van der Waals surface area contributed by atoms with Crippen LogP contribution in [0, 0.1) is 11.6 Å². The van der Waals surface area contributed by atoms with Crippen LogP contribution in [-0.4, -0.2) is 6.29 Å². The van der Waals surface area contributed by atoms with E-state index >= 15 is 0 Å². The largest absolute Gasteiger partial charge is 0.303 e. The molecule has 0 saturated carbocycles. The number of benzene rings is 1. The summed E-state index contributed by atoms with van der Waals surface area (Å²) in [6.45, 7) is 0. The van der Waals surface area contributed by atoms with Crippen LogP contribution in [0.4, 0.5) is 8.78 Å². The quantitative estimate of drug-likeness (QED) is 0.519. The Balaban J connectivity index is 2.61. The van der Waals surface area contributed by atoms with Gasteiger partial charge in [-0.15, -0.1) is 0 Å². The van der Waals surface area contributed by atoms with E-state index in [-0.39, 0.29) is 0 Å². The number of hydrogen-bond donors (Lipinski definition) is 0. The molecule has 3 heteroatoms. The van der Waals surface area contributed by atoms with Crippen LogP contribution in [0.3, 0.4) is 0 Å². The first-order chi connectivity index (χ1) is 6.24. The third-order valence-corrected chi connectivity index (χ3v) is 1.78. The third-order valence-electron chi connectivity index (χ3n) is 1.78. The van der Waals surface area contributed by atoms with Crippen LogP contribution in [0.5, 0.6) is 0 Å². The minimum atomic E-state index is -0.573. The van der Waals surface area contributed by atoms with E-state index < -0.39 is 11.6 Å². The molecule has 0 bridgehead atoms. The highest BCUT2D eigenvalue weighted by atomic mass is 19.1. The Kier molecular flexibility index (Phi) is 3.55. The third kappa shape index (κ3) is 2.93. The van der Waals surface area contributed by atoms with E-state index in [1.807, 2.05) is 0 Å². The first-order valence-electron chi connectivity index (χ1n) is 4.11. The number of unbranched alkanes of at least 4 members (excludes halogenated alkanes) is 1. The molecule has 0 heterocycles. The van der Waals surface area contributed by atoms with Gasteiger partial charge in [0.05, 0.1) is 0 Å². The van der Waals surface area contributed by atoms with Crippen molar-refractivity contribution in [1.29, 1.82) is 0 Å². The molecule has 1 aromatic carbocycles. The summed E-state index contributed by atoms with van der Waals surface area (Å²) in [5.41, 5.74) is 0.461. The SMILES string of the molecule is O=CCCCc1ccc(F)cc1F. The Morgan fingerprint density at radius 2 is 2.08 bits per heavy atom. The molecule has 0 aromatic heterocycles. The lowest BCUT2D eigenvalue weighted by atomic mass is 10.1. The number of aldehydes is 1. The van der Waals surface area contributed by atoms with Crippen LogP contribution in [-0.2, 0) is 11.2 Å². The predicted molar refractivity (Wildman–Crippen MR) is 45.4 cm³/mol. The summed E-state index contributed by atoms with van der Waals surface area (Å²) >= 11 is 0. The van der Waals surface area contributed by atoms with Gasteiger partial charge in [0, 0.05) is 12.5 Å². The van der Waals surface area contributed by atoms with Gasteiger partial charge in [0.2, 0.25) is 0 Å². The topological polar surface area (TPSA) is 17.1 Å². The lowest BCUT2D eigenvalue weighted by Crippen LogP contribution is -1.92. The molecule has 0 unspecified atom stereocenters. The minimum absolute atomic E-state index is 0.414. The zero-order chi connectivity index (χ0) is 9.68. The van der Waals surface area contributed by atoms with Gasteiger partial charge < -0.3 is 4.79 Å². The average Bonchev–Trinajstić information content (AvgIpc) is 2.09. The number of carbonyl (C=O) groups excluding carboxylic acids is 1. The van der Waals surface area contributed by atoms with E-state index in [1.54, 1.807) is 0 Å². The smallest absolute Gasteiger partial charge is 0.129 e. The molecule has 1 nitrogen and oxygen atoms in total. The summed E-state index contributed by atoms with van der Waals surface area (Å²) in [6, 6.07) is 3.49. The van der Waals surface area contributed by atoms with Gasteiger partial charge in [-0.25, -0.2) is 8.78 Å². The fourth-order valence-electron chi connectivity index (χ4n) is 1.10. The Morgan fingerprint density at radius 1 is 1.31 bits per heavy atom. The number of aryl methyl sites for hydroxylation is 1. The second-order valence-electron chi connectivity index (χ2n) is 2.79. The summed E-state index contributed by atoms with van der Waals surface area (Å²) < 4.78 is 25.4. The van der Waals surface area contributed by atoms with E-state index in [0.717, 1.165) is 12.4 Å². The molecule has 0 saturated heterocycles.